The molecule has 1 N–H and O–H groups in total. The molecule has 1 saturated heterocycles. The van der Waals surface area contributed by atoms with E-state index in [1.165, 1.54) is 0 Å². The van der Waals surface area contributed by atoms with Gasteiger partial charge in [0.25, 0.3) is 0 Å². The summed E-state index contributed by atoms with van der Waals surface area (Å²) >= 11 is 11.9. The van der Waals surface area contributed by atoms with Crippen LogP contribution in [0.2, 0.25) is 10.0 Å². The van der Waals surface area contributed by atoms with Crippen molar-refractivity contribution in [2.75, 3.05) is 11.9 Å². The first-order chi connectivity index (χ1) is 11.1. The van der Waals surface area contributed by atoms with Crippen molar-refractivity contribution >= 4 is 34.9 Å². The fraction of sp³-hybridized carbons (Fsp3) is 0.294. The van der Waals surface area contributed by atoms with E-state index >= 15 is 0 Å². The molecular weight excluding hydrogens is 333 g/mol. The quantitative estimate of drug-likeness (QED) is 0.814. The summed E-state index contributed by atoms with van der Waals surface area (Å²) in [4.78, 5) is 18.7. The highest BCUT2D eigenvalue weighted by Gasteiger charge is 2.28. The molecule has 1 aliphatic heterocycles. The van der Waals surface area contributed by atoms with E-state index in [4.69, 9.17) is 23.2 Å². The lowest BCUT2D eigenvalue weighted by Gasteiger charge is -2.35. The molecular formula is C17H17Cl2N3O. The summed E-state index contributed by atoms with van der Waals surface area (Å²) in [6.45, 7) is 0.729. The van der Waals surface area contributed by atoms with E-state index in [1.807, 2.05) is 23.2 Å². The first kappa shape index (κ1) is 16.1. The van der Waals surface area contributed by atoms with Gasteiger partial charge in [0.1, 0.15) is 0 Å². The van der Waals surface area contributed by atoms with Crippen LogP contribution in [0.4, 0.5) is 10.5 Å². The molecule has 1 unspecified atom stereocenters. The molecule has 0 saturated carbocycles. The molecule has 0 spiro atoms. The smallest absolute Gasteiger partial charge is 0.317 e. The molecule has 0 bridgehead atoms. The number of hydrogen-bond donors (Lipinski definition) is 1. The third kappa shape index (κ3) is 3.77. The van der Waals surface area contributed by atoms with E-state index < -0.39 is 0 Å². The molecule has 1 aromatic carbocycles. The van der Waals surface area contributed by atoms with Gasteiger partial charge in [-0.2, -0.15) is 0 Å². The standard InChI is InChI=1S/C17H17Cl2N3O/c18-14-7-6-13(10-15(14)19)21-17(23)22-9-2-1-5-16(22)12-4-3-8-20-11-12/h3-4,6-8,10-11,16H,1-2,5,9H2,(H,21,23). The van der Waals surface area contributed by atoms with Gasteiger partial charge in [-0.3, -0.25) is 4.98 Å². The van der Waals surface area contributed by atoms with Crippen molar-refractivity contribution < 1.29 is 4.79 Å². The second-order valence-electron chi connectivity index (χ2n) is 5.55. The molecule has 3 rings (SSSR count). The maximum atomic E-state index is 12.7. The summed E-state index contributed by atoms with van der Waals surface area (Å²) in [5.41, 5.74) is 1.70. The van der Waals surface area contributed by atoms with Crippen LogP contribution in [-0.4, -0.2) is 22.5 Å². The Hall–Kier alpha value is -1.78. The number of aromatic nitrogens is 1. The average Bonchev–Trinajstić information content (AvgIpc) is 2.59. The van der Waals surface area contributed by atoms with E-state index in [9.17, 15) is 4.79 Å². The predicted molar refractivity (Wildman–Crippen MR) is 93.0 cm³/mol. The van der Waals surface area contributed by atoms with E-state index in [0.29, 0.717) is 15.7 Å². The minimum absolute atomic E-state index is 0.0558. The molecule has 1 aromatic heterocycles. The van der Waals surface area contributed by atoms with Crippen molar-refractivity contribution in [3.63, 3.8) is 0 Å². The van der Waals surface area contributed by atoms with Gasteiger partial charge in [0.05, 0.1) is 16.1 Å². The number of urea groups is 1. The topological polar surface area (TPSA) is 45.2 Å². The Labute approximate surface area is 145 Å². The fourth-order valence-corrected chi connectivity index (χ4v) is 3.16. The molecule has 0 aliphatic carbocycles. The minimum Gasteiger partial charge on any atom is -0.317 e. The number of nitrogens with one attached hydrogen (secondary N) is 1. The molecule has 2 heterocycles. The number of piperidine rings is 1. The number of anilines is 1. The Kier molecular flexibility index (Phi) is 5.03. The summed E-state index contributed by atoms with van der Waals surface area (Å²) in [5, 5.41) is 3.79. The summed E-state index contributed by atoms with van der Waals surface area (Å²) < 4.78 is 0. The highest BCUT2D eigenvalue weighted by atomic mass is 35.5. The lowest BCUT2D eigenvalue weighted by molar-refractivity contribution is 0.163. The van der Waals surface area contributed by atoms with Gasteiger partial charge in [-0.25, -0.2) is 4.79 Å². The van der Waals surface area contributed by atoms with Gasteiger partial charge in [0.15, 0.2) is 0 Å². The predicted octanol–water partition coefficient (Wildman–Crippen LogP) is 5.15. The van der Waals surface area contributed by atoms with Crippen LogP contribution in [0.25, 0.3) is 0 Å². The van der Waals surface area contributed by atoms with E-state index in [2.05, 4.69) is 10.3 Å². The van der Waals surface area contributed by atoms with Crippen LogP contribution in [0.15, 0.2) is 42.7 Å². The van der Waals surface area contributed by atoms with Crippen LogP contribution >= 0.6 is 23.2 Å². The van der Waals surface area contributed by atoms with Crippen LogP contribution in [0.5, 0.6) is 0 Å². The van der Waals surface area contributed by atoms with Gasteiger partial charge in [0, 0.05) is 24.6 Å². The van der Waals surface area contributed by atoms with Gasteiger partial charge in [-0.05, 0) is 49.1 Å². The Morgan fingerprint density at radius 2 is 2.09 bits per heavy atom. The molecule has 2 amide bonds. The number of carbonyl (C=O) groups excluding carboxylic acids is 1. The molecule has 23 heavy (non-hydrogen) atoms. The number of likely N-dealkylation sites (tertiary alicyclic amines) is 1. The number of rotatable bonds is 2. The molecule has 1 fully saturated rings. The van der Waals surface area contributed by atoms with Crippen LogP contribution in [0, 0.1) is 0 Å². The van der Waals surface area contributed by atoms with Crippen molar-refractivity contribution in [3.05, 3.63) is 58.3 Å². The van der Waals surface area contributed by atoms with Crippen molar-refractivity contribution in [3.8, 4) is 0 Å². The summed E-state index contributed by atoms with van der Waals surface area (Å²) in [6.07, 6.45) is 6.63. The second kappa shape index (κ2) is 7.20. The van der Waals surface area contributed by atoms with Gasteiger partial charge in [-0.1, -0.05) is 29.3 Å². The van der Waals surface area contributed by atoms with Crippen LogP contribution in [0.3, 0.4) is 0 Å². The number of benzene rings is 1. The molecule has 0 radical (unpaired) electrons. The Bertz CT molecular complexity index is 693. The average molecular weight is 350 g/mol. The van der Waals surface area contributed by atoms with Crippen molar-refractivity contribution in [1.82, 2.24) is 9.88 Å². The highest BCUT2D eigenvalue weighted by molar-refractivity contribution is 6.42. The second-order valence-corrected chi connectivity index (χ2v) is 6.36. The lowest BCUT2D eigenvalue weighted by atomic mass is 9.97. The minimum atomic E-state index is -0.128. The third-order valence-electron chi connectivity index (χ3n) is 4.00. The Morgan fingerprint density at radius 1 is 1.22 bits per heavy atom. The molecule has 1 atom stereocenters. The van der Waals surface area contributed by atoms with E-state index in [0.717, 1.165) is 31.4 Å². The van der Waals surface area contributed by atoms with Gasteiger partial charge >= 0.3 is 6.03 Å². The number of carbonyl (C=O) groups is 1. The number of amides is 2. The fourth-order valence-electron chi connectivity index (χ4n) is 2.86. The van der Waals surface area contributed by atoms with E-state index in [1.54, 1.807) is 24.4 Å². The third-order valence-corrected chi connectivity index (χ3v) is 4.74. The lowest BCUT2D eigenvalue weighted by Crippen LogP contribution is -2.41. The molecule has 120 valence electrons. The summed E-state index contributed by atoms with van der Waals surface area (Å²) in [6, 6.07) is 8.92. The van der Waals surface area contributed by atoms with E-state index in [-0.39, 0.29) is 12.1 Å². The zero-order valence-corrected chi connectivity index (χ0v) is 14.0. The Morgan fingerprint density at radius 3 is 2.83 bits per heavy atom. The highest BCUT2D eigenvalue weighted by Crippen LogP contribution is 2.31. The zero-order chi connectivity index (χ0) is 16.2. The number of nitrogens with zero attached hydrogens (tertiary/aromatic N) is 2. The van der Waals surface area contributed by atoms with Crippen molar-refractivity contribution in [2.24, 2.45) is 0 Å². The van der Waals surface area contributed by atoms with Gasteiger partial charge < -0.3 is 10.2 Å². The zero-order valence-electron chi connectivity index (χ0n) is 12.5. The molecule has 1 aliphatic rings. The van der Waals surface area contributed by atoms with Crippen LogP contribution in [-0.2, 0) is 0 Å². The van der Waals surface area contributed by atoms with Gasteiger partial charge in [0.2, 0.25) is 0 Å². The maximum Gasteiger partial charge on any atom is 0.322 e. The SMILES string of the molecule is O=C(Nc1ccc(Cl)c(Cl)c1)N1CCCCC1c1cccnc1. The first-order valence-electron chi connectivity index (χ1n) is 7.58. The number of halogens is 2. The molecule has 2 aromatic rings. The monoisotopic (exact) mass is 349 g/mol. The molecule has 4 nitrogen and oxygen atoms in total. The molecule has 6 heteroatoms. The van der Waals surface area contributed by atoms with Crippen molar-refractivity contribution in [2.45, 2.75) is 25.3 Å². The largest absolute Gasteiger partial charge is 0.322 e. The number of hydrogen-bond acceptors (Lipinski definition) is 2. The van der Waals surface area contributed by atoms with Gasteiger partial charge in [-0.15, -0.1) is 0 Å². The summed E-state index contributed by atoms with van der Waals surface area (Å²) in [5.74, 6) is 0. The summed E-state index contributed by atoms with van der Waals surface area (Å²) in [7, 11) is 0. The number of pyridine rings is 1. The van der Waals surface area contributed by atoms with Crippen LogP contribution < -0.4 is 5.32 Å². The normalized spacial score (nSPS) is 17.8. The first-order valence-corrected chi connectivity index (χ1v) is 8.33. The Balaban J connectivity index is 1.77. The van der Waals surface area contributed by atoms with Crippen LogP contribution in [0.1, 0.15) is 30.9 Å². The maximum absolute atomic E-state index is 12.7. The van der Waals surface area contributed by atoms with Crippen molar-refractivity contribution in [1.29, 1.82) is 0 Å².